The highest BCUT2D eigenvalue weighted by atomic mass is 35.5. The van der Waals surface area contributed by atoms with E-state index in [1.807, 2.05) is 30.3 Å². The molecule has 0 saturated carbocycles. The van der Waals surface area contributed by atoms with Crippen molar-refractivity contribution in [3.8, 4) is 0 Å². The highest BCUT2D eigenvalue weighted by molar-refractivity contribution is 6.32. The van der Waals surface area contributed by atoms with Gasteiger partial charge in [-0.05, 0) is 30.2 Å². The molecule has 12 nitrogen and oxygen atoms in total. The van der Waals surface area contributed by atoms with Crippen LogP contribution in [0.5, 0.6) is 0 Å². The van der Waals surface area contributed by atoms with Crippen molar-refractivity contribution >= 4 is 46.7 Å². The van der Waals surface area contributed by atoms with Gasteiger partial charge in [0.1, 0.15) is 11.1 Å². The molecule has 1 amide bonds. The van der Waals surface area contributed by atoms with Crippen LogP contribution in [0.1, 0.15) is 30.0 Å². The van der Waals surface area contributed by atoms with E-state index in [0.717, 1.165) is 11.8 Å². The van der Waals surface area contributed by atoms with Crippen molar-refractivity contribution in [1.82, 2.24) is 20.3 Å². The van der Waals surface area contributed by atoms with Gasteiger partial charge in [-0.2, -0.15) is 15.0 Å². The zero-order valence-corrected chi connectivity index (χ0v) is 19.5. The Bertz CT molecular complexity index is 1240. The summed E-state index contributed by atoms with van der Waals surface area (Å²) in [5, 5.41) is 16.5. The number of rotatable bonds is 9. The fourth-order valence-corrected chi connectivity index (χ4v) is 3.14. The van der Waals surface area contributed by atoms with Gasteiger partial charge in [-0.15, -0.1) is 0 Å². The van der Waals surface area contributed by atoms with Gasteiger partial charge in [-0.25, -0.2) is 4.79 Å². The third kappa shape index (κ3) is 6.84. The monoisotopic (exact) mass is 499 g/mol. The molecule has 0 bridgehead atoms. The van der Waals surface area contributed by atoms with Crippen LogP contribution in [0.25, 0.3) is 0 Å². The number of carbonyl (C=O) groups excluding carboxylic acids is 2. The Morgan fingerprint density at radius 2 is 1.86 bits per heavy atom. The van der Waals surface area contributed by atoms with Crippen LogP contribution in [0.15, 0.2) is 48.5 Å². The second kappa shape index (κ2) is 11.2. The van der Waals surface area contributed by atoms with Crippen molar-refractivity contribution in [1.29, 1.82) is 0 Å². The molecule has 0 spiro atoms. The fourth-order valence-electron chi connectivity index (χ4n) is 2.95. The molecule has 0 aliphatic rings. The van der Waals surface area contributed by atoms with Crippen LogP contribution in [-0.4, -0.2) is 37.8 Å². The summed E-state index contributed by atoms with van der Waals surface area (Å²) < 4.78 is 5.31. The van der Waals surface area contributed by atoms with Crippen LogP contribution < -0.4 is 16.4 Å². The summed E-state index contributed by atoms with van der Waals surface area (Å²) in [6.45, 7) is 3.10. The van der Waals surface area contributed by atoms with E-state index < -0.39 is 28.5 Å². The molecule has 13 heteroatoms. The average molecular weight is 500 g/mol. The average Bonchev–Trinajstić information content (AvgIpc) is 2.81. The maximum atomic E-state index is 12.7. The molecule has 1 aromatic heterocycles. The molecule has 3 rings (SSSR count). The highest BCUT2D eigenvalue weighted by Gasteiger charge is 2.27. The molecule has 2 aromatic carbocycles. The van der Waals surface area contributed by atoms with Gasteiger partial charge in [0.2, 0.25) is 11.9 Å². The lowest BCUT2D eigenvalue weighted by Crippen LogP contribution is -2.45. The van der Waals surface area contributed by atoms with E-state index in [0.29, 0.717) is 0 Å². The molecule has 0 saturated heterocycles. The molecule has 1 heterocycles. The molecule has 1 unspecified atom stereocenters. The van der Waals surface area contributed by atoms with Gasteiger partial charge in [-0.1, -0.05) is 43.6 Å². The minimum Gasteiger partial charge on any atom is -0.456 e. The predicted octanol–water partition coefficient (Wildman–Crippen LogP) is 3.26. The number of nitro groups is 1. The van der Waals surface area contributed by atoms with Gasteiger partial charge in [0.05, 0.1) is 4.92 Å². The molecule has 0 fully saturated rings. The fraction of sp³-hybridized carbons (Fsp3) is 0.227. The zero-order valence-electron chi connectivity index (χ0n) is 18.8. The highest BCUT2D eigenvalue weighted by Crippen LogP contribution is 2.25. The molecule has 4 N–H and O–H groups in total. The topological polar surface area (TPSA) is 175 Å². The number of amides is 1. The quantitative estimate of drug-likeness (QED) is 0.225. The molecular formula is C22H22ClN7O5. The second-order valence-electron chi connectivity index (χ2n) is 7.65. The van der Waals surface area contributed by atoms with E-state index in [4.69, 9.17) is 22.1 Å². The molecule has 0 radical (unpaired) electrons. The van der Waals surface area contributed by atoms with E-state index in [-0.39, 0.29) is 40.8 Å². The van der Waals surface area contributed by atoms with Crippen LogP contribution in [0.2, 0.25) is 5.02 Å². The largest absolute Gasteiger partial charge is 0.456 e. The number of nitrogens with zero attached hydrogens (tertiary/aromatic N) is 4. The summed E-state index contributed by atoms with van der Waals surface area (Å²) in [6, 6.07) is 11.7. The number of nitrogen functional groups attached to an aromatic ring is 1. The summed E-state index contributed by atoms with van der Waals surface area (Å²) in [7, 11) is 0. The normalized spacial score (nSPS) is 11.5. The first kappa shape index (κ1) is 25.3. The number of carbonyl (C=O) groups is 2. The molecule has 1 atom stereocenters. The number of anilines is 3. The number of benzene rings is 2. The number of hydrogen-bond donors (Lipinski definition) is 3. The van der Waals surface area contributed by atoms with E-state index in [1.54, 1.807) is 13.8 Å². The standard InChI is InChI=1S/C22H22ClN7O5/c1-12(2)18(28-19(31)13-8-9-15(23)16(10-13)30(33)34)20(32)35-11-17-26-21(24)29-22(27-17)25-14-6-4-3-5-7-14/h3-10,12,18H,11H2,1-2H3,(H,28,31)(H3,24,25,26,27,29). The second-order valence-corrected chi connectivity index (χ2v) is 8.06. The summed E-state index contributed by atoms with van der Waals surface area (Å²) in [6.07, 6.45) is 0. The molecule has 182 valence electrons. The third-order valence-electron chi connectivity index (χ3n) is 4.68. The van der Waals surface area contributed by atoms with Crippen LogP contribution in [0.3, 0.4) is 0 Å². The Morgan fingerprint density at radius 1 is 1.14 bits per heavy atom. The van der Waals surface area contributed by atoms with E-state index >= 15 is 0 Å². The zero-order chi connectivity index (χ0) is 25.5. The number of esters is 1. The smallest absolute Gasteiger partial charge is 0.329 e. The van der Waals surface area contributed by atoms with Crippen LogP contribution >= 0.6 is 11.6 Å². The van der Waals surface area contributed by atoms with Gasteiger partial charge >= 0.3 is 5.97 Å². The van der Waals surface area contributed by atoms with Crippen molar-refractivity contribution in [3.05, 3.63) is 75.1 Å². The van der Waals surface area contributed by atoms with Gasteiger partial charge in [0.25, 0.3) is 11.6 Å². The first-order chi connectivity index (χ1) is 16.6. The Kier molecular flexibility index (Phi) is 8.10. The van der Waals surface area contributed by atoms with Gasteiger partial charge < -0.3 is 21.1 Å². The molecule has 0 aliphatic heterocycles. The van der Waals surface area contributed by atoms with E-state index in [2.05, 4.69) is 25.6 Å². The number of nitrogens with one attached hydrogen (secondary N) is 2. The van der Waals surface area contributed by atoms with Crippen LogP contribution in [-0.2, 0) is 16.1 Å². The lowest BCUT2D eigenvalue weighted by molar-refractivity contribution is -0.384. The number of halogens is 1. The summed E-state index contributed by atoms with van der Waals surface area (Å²) in [4.78, 5) is 47.9. The van der Waals surface area contributed by atoms with Crippen molar-refractivity contribution in [3.63, 3.8) is 0 Å². The SMILES string of the molecule is CC(C)C(NC(=O)c1ccc(Cl)c([N+](=O)[O-])c1)C(=O)OCc1nc(N)nc(Nc2ccccc2)n1. The van der Waals surface area contributed by atoms with Crippen LogP contribution in [0, 0.1) is 16.0 Å². The van der Waals surface area contributed by atoms with Gasteiger partial charge in [0, 0.05) is 17.3 Å². The summed E-state index contributed by atoms with van der Waals surface area (Å²) in [5.74, 6) is -1.58. The minimum atomic E-state index is -1.04. The summed E-state index contributed by atoms with van der Waals surface area (Å²) in [5.41, 5.74) is 6.03. The predicted molar refractivity (Wildman–Crippen MR) is 128 cm³/mol. The molecule has 0 aliphatic carbocycles. The Balaban J connectivity index is 1.68. The summed E-state index contributed by atoms with van der Waals surface area (Å²) >= 11 is 5.79. The number of aromatic nitrogens is 3. The van der Waals surface area contributed by atoms with Gasteiger partial charge in [-0.3, -0.25) is 14.9 Å². The molecular weight excluding hydrogens is 478 g/mol. The van der Waals surface area contributed by atoms with Crippen molar-refractivity contribution in [2.75, 3.05) is 11.1 Å². The molecule has 3 aromatic rings. The minimum absolute atomic E-state index is 0.0265. The number of para-hydroxylation sites is 1. The first-order valence-corrected chi connectivity index (χ1v) is 10.8. The Labute approximate surface area is 205 Å². The maximum Gasteiger partial charge on any atom is 0.329 e. The van der Waals surface area contributed by atoms with Crippen molar-refractivity contribution in [2.24, 2.45) is 5.92 Å². The van der Waals surface area contributed by atoms with E-state index in [9.17, 15) is 19.7 Å². The number of nitrogens with two attached hydrogens (primary N) is 1. The third-order valence-corrected chi connectivity index (χ3v) is 5.00. The lowest BCUT2D eigenvalue weighted by atomic mass is 10.0. The number of hydrogen-bond acceptors (Lipinski definition) is 10. The van der Waals surface area contributed by atoms with Crippen molar-refractivity contribution in [2.45, 2.75) is 26.5 Å². The van der Waals surface area contributed by atoms with Crippen LogP contribution in [0.4, 0.5) is 23.3 Å². The lowest BCUT2D eigenvalue weighted by Gasteiger charge is -2.20. The number of ether oxygens (including phenoxy) is 1. The maximum absolute atomic E-state index is 12.7. The Hall–Kier alpha value is -4.32. The first-order valence-electron chi connectivity index (χ1n) is 10.4. The Morgan fingerprint density at radius 3 is 2.51 bits per heavy atom. The molecule has 35 heavy (non-hydrogen) atoms. The van der Waals surface area contributed by atoms with Crippen molar-refractivity contribution < 1.29 is 19.2 Å². The van der Waals surface area contributed by atoms with Gasteiger partial charge in [0.15, 0.2) is 12.4 Å². The number of nitro benzene ring substituents is 1. The van der Waals surface area contributed by atoms with E-state index in [1.165, 1.54) is 12.1 Å².